The predicted molar refractivity (Wildman–Crippen MR) is 99.7 cm³/mol. The van der Waals surface area contributed by atoms with Crippen LogP contribution in [0.5, 0.6) is 0 Å². The zero-order chi connectivity index (χ0) is 17.5. The molecule has 3 nitrogen and oxygen atoms in total. The molecule has 1 aliphatic rings. The van der Waals surface area contributed by atoms with Crippen LogP contribution in [0, 0.1) is 5.82 Å². The van der Waals surface area contributed by atoms with E-state index in [9.17, 15) is 9.18 Å². The highest BCUT2D eigenvalue weighted by atomic mass is 32.2. The van der Waals surface area contributed by atoms with Gasteiger partial charge in [-0.05, 0) is 49.1 Å². The van der Waals surface area contributed by atoms with Gasteiger partial charge in [-0.25, -0.2) is 4.39 Å². The second-order valence-electron chi connectivity index (χ2n) is 6.28. The number of carbonyl (C=O) groups excluding carboxylic acids is 1. The van der Waals surface area contributed by atoms with E-state index < -0.39 is 0 Å². The van der Waals surface area contributed by atoms with Gasteiger partial charge in [-0.15, -0.1) is 0 Å². The first-order chi connectivity index (χ1) is 12.2. The molecule has 1 saturated heterocycles. The first-order valence-electron chi connectivity index (χ1n) is 8.76. The largest absolute Gasteiger partial charge is 0.334 e. The van der Waals surface area contributed by atoms with Gasteiger partial charge >= 0.3 is 0 Å². The Morgan fingerprint density at radius 1 is 1.20 bits per heavy atom. The summed E-state index contributed by atoms with van der Waals surface area (Å²) < 4.78 is 12.9. The minimum atomic E-state index is -0.213. The minimum Gasteiger partial charge on any atom is -0.334 e. The third-order valence-electron chi connectivity index (χ3n) is 4.49. The predicted octanol–water partition coefficient (Wildman–Crippen LogP) is 4.60. The second kappa shape index (κ2) is 8.99. The summed E-state index contributed by atoms with van der Waals surface area (Å²) in [4.78, 5) is 19.1. The maximum Gasteiger partial charge on any atom is 0.223 e. The third kappa shape index (κ3) is 5.05. The highest BCUT2D eigenvalue weighted by molar-refractivity contribution is 7.98. The van der Waals surface area contributed by atoms with Crippen LogP contribution in [0.2, 0.25) is 0 Å². The topological polar surface area (TPSA) is 33.2 Å². The van der Waals surface area contributed by atoms with Crippen LogP contribution < -0.4 is 0 Å². The highest BCUT2D eigenvalue weighted by Gasteiger charge is 2.28. The maximum absolute atomic E-state index is 12.9. The van der Waals surface area contributed by atoms with Gasteiger partial charge in [-0.3, -0.25) is 9.78 Å². The van der Waals surface area contributed by atoms with Crippen LogP contribution >= 0.6 is 11.8 Å². The molecule has 2 aromatic rings. The fourth-order valence-electron chi connectivity index (χ4n) is 3.18. The van der Waals surface area contributed by atoms with Gasteiger partial charge in [0.1, 0.15) is 5.82 Å². The molecule has 0 unspecified atom stereocenters. The molecule has 3 rings (SSSR count). The zero-order valence-electron chi connectivity index (χ0n) is 14.2. The summed E-state index contributed by atoms with van der Waals surface area (Å²) in [6.07, 6.45) is 5.54. The number of halogens is 1. The lowest BCUT2D eigenvalue weighted by Crippen LogP contribution is -2.39. The first-order valence-corrected chi connectivity index (χ1v) is 9.92. The molecule has 0 N–H and O–H groups in total. The Bertz CT molecular complexity index is 678. The molecule has 5 heteroatoms. The normalized spacial score (nSPS) is 17.5. The van der Waals surface area contributed by atoms with Crippen molar-refractivity contribution in [3.8, 4) is 0 Å². The molecule has 0 bridgehead atoms. The van der Waals surface area contributed by atoms with Crippen molar-refractivity contribution in [1.82, 2.24) is 9.88 Å². The summed E-state index contributed by atoms with van der Waals surface area (Å²) in [5.74, 6) is 1.58. The van der Waals surface area contributed by atoms with Crippen LogP contribution in [0.15, 0.2) is 48.7 Å². The molecular formula is C20H23FN2OS. The van der Waals surface area contributed by atoms with Crippen molar-refractivity contribution in [2.45, 2.75) is 37.5 Å². The molecule has 1 atom stereocenters. The minimum absolute atomic E-state index is 0.115. The maximum atomic E-state index is 12.9. The lowest BCUT2D eigenvalue weighted by molar-refractivity contribution is -0.134. The van der Waals surface area contributed by atoms with Crippen molar-refractivity contribution in [1.29, 1.82) is 0 Å². The second-order valence-corrected chi connectivity index (χ2v) is 7.39. The van der Waals surface area contributed by atoms with Gasteiger partial charge in [0.15, 0.2) is 0 Å². The SMILES string of the molecule is O=C(CCSCc1ccc(F)cc1)N1CCCC[C@@H]1c1ccccn1. The molecule has 1 fully saturated rings. The van der Waals surface area contributed by atoms with Gasteiger partial charge in [-0.2, -0.15) is 11.8 Å². The molecule has 2 heterocycles. The van der Waals surface area contributed by atoms with E-state index in [1.807, 2.05) is 23.1 Å². The fourth-order valence-corrected chi connectivity index (χ4v) is 4.08. The Hall–Kier alpha value is -1.88. The van der Waals surface area contributed by atoms with Crippen molar-refractivity contribution >= 4 is 17.7 Å². The van der Waals surface area contributed by atoms with Crippen LogP contribution in [0.3, 0.4) is 0 Å². The molecule has 0 aliphatic carbocycles. The van der Waals surface area contributed by atoms with Crippen LogP contribution in [0.1, 0.15) is 43.0 Å². The number of nitrogens with zero attached hydrogens (tertiary/aromatic N) is 2. The molecule has 0 spiro atoms. The Kier molecular flexibility index (Phi) is 6.45. The Morgan fingerprint density at radius 3 is 2.80 bits per heavy atom. The van der Waals surface area contributed by atoms with E-state index in [2.05, 4.69) is 4.98 Å². The summed E-state index contributed by atoms with van der Waals surface area (Å²) in [5.41, 5.74) is 2.08. The van der Waals surface area contributed by atoms with Crippen molar-refractivity contribution in [3.63, 3.8) is 0 Å². The van der Waals surface area contributed by atoms with Gasteiger partial charge < -0.3 is 4.90 Å². The number of carbonyl (C=O) groups is 1. The molecule has 1 aromatic carbocycles. The smallest absolute Gasteiger partial charge is 0.223 e. The number of likely N-dealkylation sites (tertiary alicyclic amines) is 1. The van der Waals surface area contributed by atoms with E-state index in [-0.39, 0.29) is 17.8 Å². The first kappa shape index (κ1) is 17.9. The van der Waals surface area contributed by atoms with Crippen molar-refractivity contribution < 1.29 is 9.18 Å². The van der Waals surface area contributed by atoms with E-state index in [0.29, 0.717) is 6.42 Å². The number of thioether (sulfide) groups is 1. The Balaban J connectivity index is 1.50. The molecule has 0 saturated carbocycles. The molecule has 1 amide bonds. The average Bonchev–Trinajstić information content (AvgIpc) is 2.67. The molecular weight excluding hydrogens is 335 g/mol. The van der Waals surface area contributed by atoms with Crippen LogP contribution in [0.4, 0.5) is 4.39 Å². The van der Waals surface area contributed by atoms with Crippen LogP contribution in [-0.4, -0.2) is 28.1 Å². The summed E-state index contributed by atoms with van der Waals surface area (Å²) >= 11 is 1.72. The van der Waals surface area contributed by atoms with Gasteiger partial charge in [0.05, 0.1) is 11.7 Å². The quantitative estimate of drug-likeness (QED) is 0.708. The summed E-state index contributed by atoms with van der Waals surface area (Å²) in [5, 5.41) is 0. The van der Waals surface area contributed by atoms with E-state index >= 15 is 0 Å². The van der Waals surface area contributed by atoms with E-state index in [0.717, 1.165) is 48.6 Å². The number of aromatic nitrogens is 1. The van der Waals surface area contributed by atoms with Gasteiger partial charge in [-0.1, -0.05) is 18.2 Å². The van der Waals surface area contributed by atoms with Gasteiger partial charge in [0, 0.05) is 30.7 Å². The number of rotatable bonds is 6. The highest BCUT2D eigenvalue weighted by Crippen LogP contribution is 2.30. The third-order valence-corrected chi connectivity index (χ3v) is 5.52. The average molecular weight is 358 g/mol. The Morgan fingerprint density at radius 2 is 2.04 bits per heavy atom. The molecule has 132 valence electrons. The molecule has 25 heavy (non-hydrogen) atoms. The number of hydrogen-bond acceptors (Lipinski definition) is 3. The number of hydrogen-bond donors (Lipinski definition) is 0. The molecule has 1 aliphatic heterocycles. The van der Waals surface area contributed by atoms with Crippen LogP contribution in [0.25, 0.3) is 0 Å². The van der Waals surface area contributed by atoms with Gasteiger partial charge in [0.25, 0.3) is 0 Å². The van der Waals surface area contributed by atoms with Crippen molar-refractivity contribution in [3.05, 3.63) is 65.7 Å². The lowest BCUT2D eigenvalue weighted by atomic mass is 9.98. The lowest BCUT2D eigenvalue weighted by Gasteiger charge is -2.35. The van der Waals surface area contributed by atoms with E-state index in [1.54, 1.807) is 30.1 Å². The van der Waals surface area contributed by atoms with Crippen molar-refractivity contribution in [2.75, 3.05) is 12.3 Å². The fraction of sp³-hybridized carbons (Fsp3) is 0.400. The number of pyridine rings is 1. The molecule has 0 radical (unpaired) electrons. The molecule has 1 aromatic heterocycles. The standard InChI is InChI=1S/C20H23FN2OS/c21-17-9-7-16(8-10-17)15-25-14-11-20(24)23-13-4-2-6-19(23)18-5-1-3-12-22-18/h1,3,5,7-10,12,19H,2,4,6,11,13-15H2/t19-/m1/s1. The number of benzene rings is 1. The Labute approximate surface area is 152 Å². The summed E-state index contributed by atoms with van der Waals surface area (Å²) in [7, 11) is 0. The summed E-state index contributed by atoms with van der Waals surface area (Å²) in [6, 6.07) is 12.6. The summed E-state index contributed by atoms with van der Waals surface area (Å²) in [6.45, 7) is 0.822. The van der Waals surface area contributed by atoms with Crippen molar-refractivity contribution in [2.24, 2.45) is 0 Å². The van der Waals surface area contributed by atoms with Crippen LogP contribution in [-0.2, 0) is 10.5 Å². The van der Waals surface area contributed by atoms with Gasteiger partial charge in [0.2, 0.25) is 5.91 Å². The monoisotopic (exact) mass is 358 g/mol. The number of piperidine rings is 1. The van der Waals surface area contributed by atoms with E-state index in [4.69, 9.17) is 0 Å². The van der Waals surface area contributed by atoms with E-state index in [1.165, 1.54) is 12.1 Å². The number of amides is 1. The zero-order valence-corrected chi connectivity index (χ0v) is 15.1.